The molecule has 1 aromatic heterocycles. The van der Waals surface area contributed by atoms with Gasteiger partial charge in [0.15, 0.2) is 0 Å². The van der Waals surface area contributed by atoms with Crippen LogP contribution in [0.3, 0.4) is 0 Å². The van der Waals surface area contributed by atoms with Crippen molar-refractivity contribution in [2.45, 2.75) is 42.6 Å². The van der Waals surface area contributed by atoms with Gasteiger partial charge in [-0.05, 0) is 54.8 Å². The van der Waals surface area contributed by atoms with E-state index in [9.17, 15) is 9.00 Å². The molecule has 166 valence electrons. The van der Waals surface area contributed by atoms with Crippen LogP contribution >= 0.6 is 11.6 Å². The van der Waals surface area contributed by atoms with Crippen LogP contribution in [0.15, 0.2) is 48.5 Å². The largest absolute Gasteiger partial charge is 0.497 e. The van der Waals surface area contributed by atoms with Gasteiger partial charge in [-0.15, -0.1) is 0 Å². The molecule has 32 heavy (non-hydrogen) atoms. The lowest BCUT2D eigenvalue weighted by molar-refractivity contribution is -0.121. The van der Waals surface area contributed by atoms with Crippen molar-refractivity contribution in [3.8, 4) is 11.4 Å². The monoisotopic (exact) mass is 469 g/mol. The minimum Gasteiger partial charge on any atom is -0.497 e. The number of ether oxygens (including phenoxy) is 1. The van der Waals surface area contributed by atoms with Crippen molar-refractivity contribution >= 4 is 34.1 Å². The fourth-order valence-electron chi connectivity index (χ4n) is 4.79. The van der Waals surface area contributed by atoms with Crippen molar-refractivity contribution in [2.24, 2.45) is 0 Å². The zero-order valence-corrected chi connectivity index (χ0v) is 19.3. The van der Waals surface area contributed by atoms with Crippen molar-refractivity contribution in [1.82, 2.24) is 9.78 Å². The Morgan fingerprint density at radius 2 is 1.78 bits per heavy atom. The summed E-state index contributed by atoms with van der Waals surface area (Å²) in [6, 6.07) is 15.1. The van der Waals surface area contributed by atoms with Crippen LogP contribution in [-0.2, 0) is 32.5 Å². The third-order valence-electron chi connectivity index (χ3n) is 6.51. The molecule has 1 N–H and O–H groups in total. The molecule has 1 amide bonds. The molecule has 0 bridgehead atoms. The van der Waals surface area contributed by atoms with Gasteiger partial charge < -0.3 is 10.1 Å². The van der Waals surface area contributed by atoms with Crippen LogP contribution in [-0.4, -0.2) is 27.0 Å². The van der Waals surface area contributed by atoms with Crippen LogP contribution in [0.4, 0.5) is 5.82 Å². The molecule has 2 aliphatic rings. The first kappa shape index (κ1) is 21.2. The van der Waals surface area contributed by atoms with E-state index >= 15 is 0 Å². The second kappa shape index (κ2) is 8.37. The van der Waals surface area contributed by atoms with Crippen LogP contribution in [0.1, 0.15) is 42.5 Å². The summed E-state index contributed by atoms with van der Waals surface area (Å²) >= 11 is 6.10. The van der Waals surface area contributed by atoms with Gasteiger partial charge in [-0.25, -0.2) is 4.68 Å². The Balaban J connectivity index is 1.54. The summed E-state index contributed by atoms with van der Waals surface area (Å²) in [4.78, 5) is 13.8. The molecule has 2 heterocycles. The molecule has 0 saturated heterocycles. The molecule has 1 unspecified atom stereocenters. The number of aromatic nitrogens is 2. The number of hydrogen-bond acceptors (Lipinski definition) is 4. The normalized spacial score (nSPS) is 19.0. The first-order chi connectivity index (χ1) is 15.5. The number of halogens is 1. The van der Waals surface area contributed by atoms with E-state index in [1.807, 2.05) is 48.5 Å². The molecular formula is C24H24ClN3O3S. The lowest BCUT2D eigenvalue weighted by atomic mass is 9.78. The van der Waals surface area contributed by atoms with E-state index in [-0.39, 0.29) is 5.91 Å². The number of carbonyl (C=O) groups is 1. The second-order valence-corrected chi connectivity index (χ2v) is 10.3. The Hall–Kier alpha value is -2.64. The zero-order valence-electron chi connectivity index (χ0n) is 17.8. The third kappa shape index (κ3) is 3.63. The Kier molecular flexibility index (Phi) is 5.55. The molecule has 0 radical (unpaired) electrons. The standard InChI is InChI=1S/C24H24ClN3O3S/c1-31-19-10-8-18(9-11-19)28-22(20-14-32(30)15-21(20)27-28)26-23(29)24(12-2-3-13-24)16-4-6-17(25)7-5-16/h4-11H,2-3,12-15H2,1H3,(H,26,29). The first-order valence-electron chi connectivity index (χ1n) is 10.7. The highest BCUT2D eigenvalue weighted by molar-refractivity contribution is 7.83. The molecule has 1 fully saturated rings. The van der Waals surface area contributed by atoms with E-state index < -0.39 is 16.2 Å². The van der Waals surface area contributed by atoms with Crippen LogP contribution < -0.4 is 10.1 Å². The van der Waals surface area contributed by atoms with Gasteiger partial charge in [0, 0.05) is 21.4 Å². The number of methoxy groups -OCH3 is 1. The predicted molar refractivity (Wildman–Crippen MR) is 126 cm³/mol. The second-order valence-electron chi connectivity index (χ2n) is 8.36. The number of amides is 1. The van der Waals surface area contributed by atoms with Crippen LogP contribution in [0, 0.1) is 0 Å². The van der Waals surface area contributed by atoms with Crippen LogP contribution in [0.2, 0.25) is 5.02 Å². The molecular weight excluding hydrogens is 446 g/mol. The van der Waals surface area contributed by atoms with E-state index in [0.717, 1.165) is 53.9 Å². The van der Waals surface area contributed by atoms with Crippen molar-refractivity contribution in [1.29, 1.82) is 0 Å². The van der Waals surface area contributed by atoms with Gasteiger partial charge in [-0.3, -0.25) is 9.00 Å². The molecule has 2 aromatic carbocycles. The van der Waals surface area contributed by atoms with Gasteiger partial charge in [0.25, 0.3) is 0 Å². The molecule has 1 aliphatic heterocycles. The highest BCUT2D eigenvalue weighted by Gasteiger charge is 2.43. The summed E-state index contributed by atoms with van der Waals surface area (Å²) in [5, 5.41) is 8.55. The third-order valence-corrected chi connectivity index (χ3v) is 7.97. The summed E-state index contributed by atoms with van der Waals surface area (Å²) in [6.07, 6.45) is 3.56. The summed E-state index contributed by atoms with van der Waals surface area (Å²) in [7, 11) is 0.625. The maximum atomic E-state index is 13.8. The molecule has 1 atom stereocenters. The molecule has 5 rings (SSSR count). The Bertz CT molecular complexity index is 1180. The van der Waals surface area contributed by atoms with Crippen molar-refractivity contribution in [3.63, 3.8) is 0 Å². The number of carbonyl (C=O) groups excluding carboxylic acids is 1. The number of nitrogens with one attached hydrogen (secondary N) is 1. The number of hydrogen-bond donors (Lipinski definition) is 1. The molecule has 1 saturated carbocycles. The molecule has 6 nitrogen and oxygen atoms in total. The summed E-state index contributed by atoms with van der Waals surface area (Å²) < 4.78 is 19.2. The fraction of sp³-hybridized carbons (Fsp3) is 0.333. The molecule has 0 spiro atoms. The van der Waals surface area contributed by atoms with Gasteiger partial charge in [0.1, 0.15) is 11.6 Å². The number of nitrogens with zero attached hydrogens (tertiary/aromatic N) is 2. The van der Waals surface area contributed by atoms with Gasteiger partial charge >= 0.3 is 0 Å². The van der Waals surface area contributed by atoms with E-state index in [1.165, 1.54) is 0 Å². The van der Waals surface area contributed by atoms with Gasteiger partial charge in [-0.2, -0.15) is 5.10 Å². The summed E-state index contributed by atoms with van der Waals surface area (Å²) in [5.74, 6) is 2.11. The lowest BCUT2D eigenvalue weighted by Crippen LogP contribution is -2.38. The van der Waals surface area contributed by atoms with Crippen molar-refractivity contribution < 1.29 is 13.7 Å². The highest BCUT2D eigenvalue weighted by atomic mass is 35.5. The van der Waals surface area contributed by atoms with E-state index in [0.29, 0.717) is 22.3 Å². The van der Waals surface area contributed by atoms with Crippen molar-refractivity contribution in [2.75, 3.05) is 12.4 Å². The number of fused-ring (bicyclic) bond motifs is 1. The molecule has 1 aliphatic carbocycles. The smallest absolute Gasteiger partial charge is 0.236 e. The average molecular weight is 470 g/mol. The quantitative estimate of drug-likeness (QED) is 0.585. The Morgan fingerprint density at radius 1 is 1.09 bits per heavy atom. The topological polar surface area (TPSA) is 73.2 Å². The van der Waals surface area contributed by atoms with Gasteiger partial charge in [-0.1, -0.05) is 36.6 Å². The van der Waals surface area contributed by atoms with Crippen LogP contribution in [0.25, 0.3) is 5.69 Å². The zero-order chi connectivity index (χ0) is 22.3. The summed E-state index contributed by atoms with van der Waals surface area (Å²) in [6.45, 7) is 0. The molecule has 8 heteroatoms. The summed E-state index contributed by atoms with van der Waals surface area (Å²) in [5.41, 5.74) is 2.82. The molecule has 3 aromatic rings. The Morgan fingerprint density at radius 3 is 2.44 bits per heavy atom. The number of rotatable bonds is 5. The fourth-order valence-corrected chi connectivity index (χ4v) is 6.18. The SMILES string of the molecule is COc1ccc(-n2nc3c(c2NC(=O)C2(c4ccc(Cl)cc4)CCCC2)CS(=O)C3)cc1. The minimum atomic E-state index is -0.996. The van der Waals surface area contributed by atoms with E-state index in [2.05, 4.69) is 5.32 Å². The van der Waals surface area contributed by atoms with Gasteiger partial charge in [0.2, 0.25) is 5.91 Å². The maximum absolute atomic E-state index is 13.8. The van der Waals surface area contributed by atoms with E-state index in [1.54, 1.807) is 11.8 Å². The van der Waals surface area contributed by atoms with Gasteiger partial charge in [0.05, 0.1) is 35.4 Å². The Labute approximate surface area is 194 Å². The lowest BCUT2D eigenvalue weighted by Gasteiger charge is -2.28. The first-order valence-corrected chi connectivity index (χ1v) is 12.5. The predicted octanol–water partition coefficient (Wildman–Crippen LogP) is 4.75. The minimum absolute atomic E-state index is 0.0486. The van der Waals surface area contributed by atoms with Crippen molar-refractivity contribution in [3.05, 3.63) is 70.4 Å². The highest BCUT2D eigenvalue weighted by Crippen LogP contribution is 2.43. The van der Waals surface area contributed by atoms with Crippen LogP contribution in [0.5, 0.6) is 5.75 Å². The maximum Gasteiger partial charge on any atom is 0.236 e. The average Bonchev–Trinajstić information content (AvgIpc) is 3.51. The van der Waals surface area contributed by atoms with E-state index in [4.69, 9.17) is 21.4 Å². The number of benzene rings is 2. The number of anilines is 1.